The third-order valence-electron chi connectivity index (χ3n) is 4.68. The Morgan fingerprint density at radius 2 is 1.70 bits per heavy atom. The standard InChI is InChI=1S/C20H23ClN2O3S/c21-18-8-5-15(6-9-18)14-22-20(24)11-12-23-27(25,26)19-10-7-16-3-1-2-4-17(16)13-19/h5-10,13,23H,1-4,11-12,14H2,(H,22,24). The first-order chi connectivity index (χ1) is 12.9. The number of halogens is 1. The molecule has 0 atom stereocenters. The highest BCUT2D eigenvalue weighted by Crippen LogP contribution is 2.24. The molecule has 1 amide bonds. The molecule has 1 aliphatic carbocycles. The molecule has 0 heterocycles. The molecule has 0 spiro atoms. The van der Waals surface area contributed by atoms with E-state index in [0.29, 0.717) is 11.6 Å². The number of nitrogens with one attached hydrogen (secondary N) is 2. The van der Waals surface area contributed by atoms with Crippen molar-refractivity contribution in [2.75, 3.05) is 6.54 Å². The molecule has 0 aromatic heterocycles. The van der Waals surface area contributed by atoms with E-state index in [0.717, 1.165) is 36.8 Å². The van der Waals surface area contributed by atoms with Crippen LogP contribution in [0.5, 0.6) is 0 Å². The van der Waals surface area contributed by atoms with Crippen molar-refractivity contribution < 1.29 is 13.2 Å². The Labute approximate surface area is 165 Å². The summed E-state index contributed by atoms with van der Waals surface area (Å²) < 4.78 is 27.4. The summed E-state index contributed by atoms with van der Waals surface area (Å²) >= 11 is 5.82. The van der Waals surface area contributed by atoms with Gasteiger partial charge in [-0.25, -0.2) is 13.1 Å². The minimum Gasteiger partial charge on any atom is -0.352 e. The van der Waals surface area contributed by atoms with Gasteiger partial charge in [-0.15, -0.1) is 0 Å². The molecule has 27 heavy (non-hydrogen) atoms. The highest BCUT2D eigenvalue weighted by Gasteiger charge is 2.17. The van der Waals surface area contributed by atoms with E-state index in [4.69, 9.17) is 11.6 Å². The van der Waals surface area contributed by atoms with E-state index in [-0.39, 0.29) is 23.8 Å². The Morgan fingerprint density at radius 3 is 2.44 bits per heavy atom. The van der Waals surface area contributed by atoms with Gasteiger partial charge in [-0.2, -0.15) is 0 Å². The van der Waals surface area contributed by atoms with E-state index in [2.05, 4.69) is 10.0 Å². The number of carbonyl (C=O) groups is 1. The average Bonchev–Trinajstić information content (AvgIpc) is 2.67. The van der Waals surface area contributed by atoms with Crippen LogP contribution in [0.4, 0.5) is 0 Å². The van der Waals surface area contributed by atoms with E-state index in [1.807, 2.05) is 18.2 Å². The van der Waals surface area contributed by atoms with Gasteiger partial charge in [-0.05, 0) is 66.6 Å². The van der Waals surface area contributed by atoms with E-state index in [9.17, 15) is 13.2 Å². The lowest BCUT2D eigenvalue weighted by Gasteiger charge is -2.16. The molecular weight excluding hydrogens is 384 g/mol. The number of fused-ring (bicyclic) bond motifs is 1. The minimum absolute atomic E-state index is 0.0614. The molecule has 2 aromatic carbocycles. The van der Waals surface area contributed by atoms with Gasteiger partial charge in [-0.3, -0.25) is 4.79 Å². The van der Waals surface area contributed by atoms with Crippen LogP contribution in [0.25, 0.3) is 0 Å². The molecular formula is C20H23ClN2O3S. The Hall–Kier alpha value is -1.89. The summed E-state index contributed by atoms with van der Waals surface area (Å²) in [7, 11) is -3.61. The largest absolute Gasteiger partial charge is 0.352 e. The average molecular weight is 407 g/mol. The lowest BCUT2D eigenvalue weighted by Crippen LogP contribution is -2.30. The summed E-state index contributed by atoms with van der Waals surface area (Å²) in [6.45, 7) is 0.444. The van der Waals surface area contributed by atoms with Crippen LogP contribution in [-0.2, 0) is 34.2 Å². The van der Waals surface area contributed by atoms with Gasteiger partial charge in [0.1, 0.15) is 0 Å². The van der Waals surface area contributed by atoms with Gasteiger partial charge in [0.15, 0.2) is 0 Å². The summed E-state index contributed by atoms with van der Waals surface area (Å²) in [6, 6.07) is 12.5. The smallest absolute Gasteiger partial charge is 0.240 e. The molecule has 0 aliphatic heterocycles. The summed E-state index contributed by atoms with van der Waals surface area (Å²) in [5.74, 6) is -0.210. The molecule has 0 unspecified atom stereocenters. The van der Waals surface area contributed by atoms with Crippen molar-refractivity contribution in [3.8, 4) is 0 Å². The normalized spacial score (nSPS) is 13.8. The molecule has 0 radical (unpaired) electrons. The summed E-state index contributed by atoms with van der Waals surface area (Å²) in [4.78, 5) is 12.2. The van der Waals surface area contributed by atoms with Gasteiger partial charge in [0.25, 0.3) is 0 Å². The molecule has 0 fully saturated rings. The second-order valence-corrected chi connectivity index (χ2v) is 8.89. The Balaban J connectivity index is 1.48. The van der Waals surface area contributed by atoms with Crippen molar-refractivity contribution in [1.82, 2.24) is 10.0 Å². The summed E-state index contributed by atoms with van der Waals surface area (Å²) in [5, 5.41) is 3.41. The maximum atomic E-state index is 12.5. The SMILES string of the molecule is O=C(CCNS(=O)(=O)c1ccc2c(c1)CCCC2)NCc1ccc(Cl)cc1. The van der Waals surface area contributed by atoms with E-state index >= 15 is 0 Å². The zero-order chi connectivity index (χ0) is 19.3. The molecule has 0 bridgehead atoms. The molecule has 3 rings (SSSR count). The van der Waals surface area contributed by atoms with Crippen molar-refractivity contribution in [3.63, 3.8) is 0 Å². The molecule has 1 aliphatic rings. The van der Waals surface area contributed by atoms with Gasteiger partial charge in [0, 0.05) is 24.5 Å². The van der Waals surface area contributed by atoms with Crippen LogP contribution in [0.2, 0.25) is 5.02 Å². The maximum absolute atomic E-state index is 12.5. The molecule has 2 aromatic rings. The predicted octanol–water partition coefficient (Wildman–Crippen LogP) is 3.20. The summed E-state index contributed by atoms with van der Waals surface area (Å²) in [6.07, 6.45) is 4.26. The number of carbonyl (C=O) groups excluding carboxylic acids is 1. The van der Waals surface area contributed by atoms with Crippen LogP contribution in [0.1, 0.15) is 36.0 Å². The highest BCUT2D eigenvalue weighted by molar-refractivity contribution is 7.89. The van der Waals surface area contributed by atoms with Gasteiger partial charge in [0.2, 0.25) is 15.9 Å². The van der Waals surface area contributed by atoms with E-state index < -0.39 is 10.0 Å². The Kier molecular flexibility index (Phi) is 6.52. The van der Waals surface area contributed by atoms with Crippen LogP contribution in [0.3, 0.4) is 0 Å². The molecule has 5 nitrogen and oxygen atoms in total. The van der Waals surface area contributed by atoms with E-state index in [1.165, 1.54) is 5.56 Å². The molecule has 144 valence electrons. The number of aryl methyl sites for hydroxylation is 2. The van der Waals surface area contributed by atoms with Crippen LogP contribution in [-0.4, -0.2) is 20.9 Å². The topological polar surface area (TPSA) is 75.3 Å². The Bertz CT molecular complexity index is 911. The first-order valence-electron chi connectivity index (χ1n) is 9.07. The summed E-state index contributed by atoms with van der Waals surface area (Å²) in [5.41, 5.74) is 3.29. The van der Waals surface area contributed by atoms with Gasteiger partial charge in [0.05, 0.1) is 4.90 Å². The zero-order valence-corrected chi connectivity index (χ0v) is 16.6. The number of amides is 1. The van der Waals surface area contributed by atoms with Gasteiger partial charge >= 0.3 is 0 Å². The fourth-order valence-electron chi connectivity index (χ4n) is 3.15. The molecule has 0 saturated carbocycles. The van der Waals surface area contributed by atoms with Crippen molar-refractivity contribution in [2.45, 2.75) is 43.5 Å². The second kappa shape index (κ2) is 8.87. The number of hydrogen-bond acceptors (Lipinski definition) is 3. The lowest BCUT2D eigenvalue weighted by molar-refractivity contribution is -0.121. The quantitative estimate of drug-likeness (QED) is 0.741. The van der Waals surface area contributed by atoms with Crippen molar-refractivity contribution in [2.24, 2.45) is 0 Å². The fourth-order valence-corrected chi connectivity index (χ4v) is 4.36. The monoisotopic (exact) mass is 406 g/mol. The van der Waals surface area contributed by atoms with Crippen molar-refractivity contribution >= 4 is 27.5 Å². The minimum atomic E-state index is -3.61. The number of hydrogen-bond donors (Lipinski definition) is 2. The van der Waals surface area contributed by atoms with Crippen molar-refractivity contribution in [3.05, 3.63) is 64.2 Å². The zero-order valence-electron chi connectivity index (χ0n) is 15.0. The first kappa shape index (κ1) is 19.9. The maximum Gasteiger partial charge on any atom is 0.240 e. The van der Waals surface area contributed by atoms with E-state index in [1.54, 1.807) is 24.3 Å². The van der Waals surface area contributed by atoms with Crippen LogP contribution >= 0.6 is 11.6 Å². The number of sulfonamides is 1. The number of rotatable bonds is 7. The third-order valence-corrected chi connectivity index (χ3v) is 6.39. The second-order valence-electron chi connectivity index (χ2n) is 6.69. The molecule has 2 N–H and O–H groups in total. The van der Waals surface area contributed by atoms with Crippen LogP contribution in [0, 0.1) is 0 Å². The predicted molar refractivity (Wildman–Crippen MR) is 106 cm³/mol. The fraction of sp³-hybridized carbons (Fsp3) is 0.350. The third kappa shape index (κ3) is 5.54. The lowest BCUT2D eigenvalue weighted by atomic mass is 9.92. The highest BCUT2D eigenvalue weighted by atomic mass is 35.5. The first-order valence-corrected chi connectivity index (χ1v) is 10.9. The van der Waals surface area contributed by atoms with Gasteiger partial charge < -0.3 is 5.32 Å². The van der Waals surface area contributed by atoms with Crippen LogP contribution in [0.15, 0.2) is 47.4 Å². The number of benzene rings is 2. The molecule has 0 saturated heterocycles. The van der Waals surface area contributed by atoms with Gasteiger partial charge in [-0.1, -0.05) is 29.8 Å². The van der Waals surface area contributed by atoms with Crippen molar-refractivity contribution in [1.29, 1.82) is 0 Å². The molecule has 7 heteroatoms. The Morgan fingerprint density at radius 1 is 1.00 bits per heavy atom. The van der Waals surface area contributed by atoms with Crippen LogP contribution < -0.4 is 10.0 Å².